The molecule has 2 N–H and O–H groups in total. The highest BCUT2D eigenvalue weighted by Crippen LogP contribution is 2.27. The van der Waals surface area contributed by atoms with Crippen molar-refractivity contribution in [1.29, 1.82) is 0 Å². The molecule has 0 atom stereocenters. The van der Waals surface area contributed by atoms with Crippen LogP contribution in [0.15, 0.2) is 24.4 Å². The maximum Gasteiger partial charge on any atom is 0.244 e. The number of benzene rings is 1. The Hall–Kier alpha value is -2.57. The summed E-state index contributed by atoms with van der Waals surface area (Å²) in [7, 11) is 3.27. The van der Waals surface area contributed by atoms with Crippen LogP contribution in [0, 0.1) is 5.92 Å². The first-order valence-electron chi connectivity index (χ1n) is 8.50. The van der Waals surface area contributed by atoms with E-state index in [1.807, 2.05) is 18.2 Å². The van der Waals surface area contributed by atoms with E-state index in [0.29, 0.717) is 17.7 Å². The number of nitrogens with zero attached hydrogens (tertiary/aromatic N) is 3. The molecule has 2 rings (SSSR count). The highest BCUT2D eigenvalue weighted by atomic mass is 16.5. The van der Waals surface area contributed by atoms with Crippen LogP contribution in [0.4, 0.5) is 11.8 Å². The average molecular weight is 345 g/mol. The highest BCUT2D eigenvalue weighted by Gasteiger charge is 2.05. The molecule has 0 aliphatic rings. The molecule has 25 heavy (non-hydrogen) atoms. The molecule has 136 valence electrons. The lowest BCUT2D eigenvalue weighted by molar-refractivity contribution is 0.354. The van der Waals surface area contributed by atoms with Crippen LogP contribution in [0.5, 0.6) is 11.5 Å². The third-order valence-electron chi connectivity index (χ3n) is 3.73. The molecule has 1 heterocycles. The summed E-state index contributed by atoms with van der Waals surface area (Å²) in [6.45, 7) is 5.95. The van der Waals surface area contributed by atoms with Crippen molar-refractivity contribution >= 4 is 11.8 Å². The molecule has 0 amide bonds. The predicted octanol–water partition coefficient (Wildman–Crippen LogP) is 3.00. The quantitative estimate of drug-likeness (QED) is 0.685. The first kappa shape index (κ1) is 18.8. The number of hydrogen-bond acceptors (Lipinski definition) is 7. The van der Waals surface area contributed by atoms with Crippen LogP contribution >= 0.6 is 0 Å². The topological polar surface area (TPSA) is 81.2 Å². The normalized spacial score (nSPS) is 10.6. The maximum absolute atomic E-state index is 5.33. The first-order valence-corrected chi connectivity index (χ1v) is 8.50. The summed E-state index contributed by atoms with van der Waals surface area (Å²) in [5.41, 5.74) is 1.16. The summed E-state index contributed by atoms with van der Waals surface area (Å²) < 4.78 is 10.6. The minimum Gasteiger partial charge on any atom is -0.493 e. The second-order valence-electron chi connectivity index (χ2n) is 6.14. The Morgan fingerprint density at radius 1 is 1.04 bits per heavy atom. The van der Waals surface area contributed by atoms with Crippen molar-refractivity contribution in [2.24, 2.45) is 5.92 Å². The molecule has 0 spiro atoms. The van der Waals surface area contributed by atoms with Gasteiger partial charge in [0.25, 0.3) is 0 Å². The van der Waals surface area contributed by atoms with Gasteiger partial charge >= 0.3 is 0 Å². The maximum atomic E-state index is 5.33. The molecular weight excluding hydrogens is 318 g/mol. The molecule has 0 bridgehead atoms. The largest absolute Gasteiger partial charge is 0.493 e. The zero-order valence-corrected chi connectivity index (χ0v) is 15.4. The molecule has 0 aliphatic carbocycles. The van der Waals surface area contributed by atoms with E-state index >= 15 is 0 Å². The van der Waals surface area contributed by atoms with E-state index < -0.39 is 0 Å². The Labute approximate surface area is 149 Å². The van der Waals surface area contributed by atoms with Crippen LogP contribution in [0.25, 0.3) is 0 Å². The molecule has 1 aromatic carbocycles. The summed E-state index contributed by atoms with van der Waals surface area (Å²) in [5.74, 6) is 3.37. The number of ether oxygens (including phenoxy) is 2. The van der Waals surface area contributed by atoms with Crippen LogP contribution in [0.2, 0.25) is 0 Å². The van der Waals surface area contributed by atoms with Gasteiger partial charge in [0.2, 0.25) is 5.95 Å². The highest BCUT2D eigenvalue weighted by molar-refractivity contribution is 5.43. The summed E-state index contributed by atoms with van der Waals surface area (Å²) in [6, 6.07) is 5.93. The van der Waals surface area contributed by atoms with Crippen molar-refractivity contribution in [2.75, 3.05) is 37.9 Å². The predicted molar refractivity (Wildman–Crippen MR) is 99.5 cm³/mol. The van der Waals surface area contributed by atoms with Gasteiger partial charge < -0.3 is 20.1 Å². The average Bonchev–Trinajstić information content (AvgIpc) is 2.61. The van der Waals surface area contributed by atoms with Crippen LogP contribution in [-0.4, -0.2) is 42.5 Å². The van der Waals surface area contributed by atoms with Crippen molar-refractivity contribution in [2.45, 2.75) is 26.7 Å². The molecule has 0 saturated carbocycles. The third-order valence-corrected chi connectivity index (χ3v) is 3.73. The van der Waals surface area contributed by atoms with Gasteiger partial charge in [-0.2, -0.15) is 10.1 Å². The number of anilines is 2. The third kappa shape index (κ3) is 6.10. The number of rotatable bonds is 10. The van der Waals surface area contributed by atoms with Gasteiger partial charge in [-0.3, -0.25) is 0 Å². The van der Waals surface area contributed by atoms with E-state index in [0.717, 1.165) is 43.0 Å². The Bertz CT molecular complexity index is 664. The van der Waals surface area contributed by atoms with Crippen molar-refractivity contribution < 1.29 is 9.47 Å². The smallest absolute Gasteiger partial charge is 0.244 e. The minimum absolute atomic E-state index is 0.553. The Kier molecular flexibility index (Phi) is 7.25. The summed E-state index contributed by atoms with van der Waals surface area (Å²) in [5, 5.41) is 14.5. The fourth-order valence-electron chi connectivity index (χ4n) is 2.31. The van der Waals surface area contributed by atoms with E-state index in [2.05, 4.69) is 39.7 Å². The van der Waals surface area contributed by atoms with Gasteiger partial charge in [-0.1, -0.05) is 19.9 Å². The molecule has 7 nitrogen and oxygen atoms in total. The van der Waals surface area contributed by atoms with Crippen molar-refractivity contribution in [3.63, 3.8) is 0 Å². The minimum atomic E-state index is 0.553. The Balaban J connectivity index is 1.85. The van der Waals surface area contributed by atoms with E-state index in [9.17, 15) is 0 Å². The van der Waals surface area contributed by atoms with E-state index in [1.165, 1.54) is 0 Å². The summed E-state index contributed by atoms with van der Waals surface area (Å²) >= 11 is 0. The van der Waals surface area contributed by atoms with Gasteiger partial charge in [0.15, 0.2) is 17.3 Å². The zero-order chi connectivity index (χ0) is 18.1. The van der Waals surface area contributed by atoms with Crippen LogP contribution in [0.3, 0.4) is 0 Å². The van der Waals surface area contributed by atoms with Crippen LogP contribution in [-0.2, 0) is 6.42 Å². The fourth-order valence-corrected chi connectivity index (χ4v) is 2.31. The van der Waals surface area contributed by atoms with E-state index in [1.54, 1.807) is 20.4 Å². The second kappa shape index (κ2) is 9.66. The summed E-state index contributed by atoms with van der Waals surface area (Å²) in [6.07, 6.45) is 3.53. The fraction of sp³-hybridized carbons (Fsp3) is 0.500. The van der Waals surface area contributed by atoms with Crippen molar-refractivity contribution in [3.8, 4) is 11.5 Å². The molecular formula is C18H27N5O2. The van der Waals surface area contributed by atoms with E-state index in [4.69, 9.17) is 9.47 Å². The molecule has 0 aliphatic heterocycles. The summed E-state index contributed by atoms with van der Waals surface area (Å²) in [4.78, 5) is 4.42. The van der Waals surface area contributed by atoms with Crippen LogP contribution in [0.1, 0.15) is 25.8 Å². The van der Waals surface area contributed by atoms with Crippen molar-refractivity contribution in [1.82, 2.24) is 15.2 Å². The molecule has 0 saturated heterocycles. The van der Waals surface area contributed by atoms with Gasteiger partial charge in [-0.05, 0) is 36.5 Å². The molecule has 0 radical (unpaired) electrons. The van der Waals surface area contributed by atoms with E-state index in [-0.39, 0.29) is 0 Å². The second-order valence-corrected chi connectivity index (χ2v) is 6.14. The first-order chi connectivity index (χ1) is 12.1. The molecule has 0 unspecified atom stereocenters. The van der Waals surface area contributed by atoms with Crippen LogP contribution < -0.4 is 20.1 Å². The zero-order valence-electron chi connectivity index (χ0n) is 15.4. The Morgan fingerprint density at radius 3 is 2.56 bits per heavy atom. The lowest BCUT2D eigenvalue weighted by Gasteiger charge is -2.11. The van der Waals surface area contributed by atoms with Gasteiger partial charge in [-0.25, -0.2) is 0 Å². The van der Waals surface area contributed by atoms with Gasteiger partial charge in [0.05, 0.1) is 20.4 Å². The molecule has 0 fully saturated rings. The number of nitrogens with one attached hydrogen (secondary N) is 2. The number of aromatic nitrogens is 3. The number of hydrogen-bond donors (Lipinski definition) is 2. The van der Waals surface area contributed by atoms with Gasteiger partial charge in [0.1, 0.15) is 0 Å². The molecule has 1 aromatic heterocycles. The lowest BCUT2D eigenvalue weighted by atomic mass is 10.1. The van der Waals surface area contributed by atoms with Crippen molar-refractivity contribution in [3.05, 3.63) is 30.0 Å². The Morgan fingerprint density at radius 2 is 1.84 bits per heavy atom. The van der Waals surface area contributed by atoms with Gasteiger partial charge in [-0.15, -0.1) is 5.10 Å². The molecule has 2 aromatic rings. The standard InChI is InChI=1S/C18H27N5O2/c1-13(2)7-9-20-18-22-17(12-21-23-18)19-10-8-14-5-6-15(24-3)16(11-14)25-4/h5-6,11-13H,7-10H2,1-4H3,(H2,19,20,22,23). The SMILES string of the molecule is COc1ccc(CCNc2cnnc(NCCC(C)C)n2)cc1OC. The number of methoxy groups -OCH3 is 2. The lowest BCUT2D eigenvalue weighted by Crippen LogP contribution is -2.11. The van der Waals surface area contributed by atoms with Gasteiger partial charge in [0, 0.05) is 13.1 Å². The molecule has 7 heteroatoms. The monoisotopic (exact) mass is 345 g/mol.